The van der Waals surface area contributed by atoms with Gasteiger partial charge in [0.25, 0.3) is 0 Å². The lowest BCUT2D eigenvalue weighted by molar-refractivity contribution is -0.185. The number of rotatable bonds is 3. The van der Waals surface area contributed by atoms with Gasteiger partial charge in [-0.2, -0.15) is 0 Å². The molecule has 0 amide bonds. The van der Waals surface area contributed by atoms with E-state index in [9.17, 15) is 0 Å². The summed E-state index contributed by atoms with van der Waals surface area (Å²) in [5.41, 5.74) is 0. The fourth-order valence-corrected chi connectivity index (χ4v) is 2.43. The Kier molecular flexibility index (Phi) is 3.65. The Bertz CT molecular complexity index is 192. The average Bonchev–Trinajstić information content (AvgIpc) is 2.70. The molecule has 0 N–H and O–H groups in total. The van der Waals surface area contributed by atoms with Gasteiger partial charge in [0.1, 0.15) is 0 Å². The Hall–Kier alpha value is -0.120. The summed E-state index contributed by atoms with van der Waals surface area (Å²) in [5.74, 6) is 0.607. The molecule has 1 atom stereocenters. The second-order valence-electron chi connectivity index (χ2n) is 4.92. The van der Waals surface area contributed by atoms with Crippen molar-refractivity contribution in [3.05, 3.63) is 0 Å². The van der Waals surface area contributed by atoms with Crippen LogP contribution in [0.15, 0.2) is 0 Å². The Labute approximate surface area is 92.7 Å². The maximum absolute atomic E-state index is 5.71. The smallest absolute Gasteiger partial charge is 0.170 e. The van der Waals surface area contributed by atoms with Crippen LogP contribution in [-0.4, -0.2) is 43.5 Å². The van der Waals surface area contributed by atoms with E-state index in [4.69, 9.17) is 9.47 Å². The number of ether oxygens (including phenoxy) is 2. The van der Waals surface area contributed by atoms with E-state index in [1.807, 2.05) is 0 Å². The highest BCUT2D eigenvalue weighted by Crippen LogP contribution is 2.31. The quantitative estimate of drug-likeness (QED) is 0.714. The minimum atomic E-state index is -0.202. The summed E-state index contributed by atoms with van der Waals surface area (Å²) in [6, 6.07) is 0. The third-order valence-electron chi connectivity index (χ3n) is 3.70. The van der Waals surface area contributed by atoms with Crippen LogP contribution < -0.4 is 0 Å². The monoisotopic (exact) mass is 213 g/mol. The summed E-state index contributed by atoms with van der Waals surface area (Å²) < 4.78 is 11.4. The summed E-state index contributed by atoms with van der Waals surface area (Å²) in [6.07, 6.45) is 3.36. The highest BCUT2D eigenvalue weighted by molar-refractivity contribution is 4.82. The van der Waals surface area contributed by atoms with Gasteiger partial charge in [0.05, 0.1) is 13.2 Å². The molecule has 1 unspecified atom stereocenters. The van der Waals surface area contributed by atoms with Crippen molar-refractivity contribution >= 4 is 0 Å². The van der Waals surface area contributed by atoms with Crippen LogP contribution in [0.25, 0.3) is 0 Å². The molecule has 2 aliphatic heterocycles. The zero-order valence-electron chi connectivity index (χ0n) is 10.00. The third kappa shape index (κ3) is 2.71. The van der Waals surface area contributed by atoms with Crippen molar-refractivity contribution in [1.82, 2.24) is 4.90 Å². The predicted molar refractivity (Wildman–Crippen MR) is 59.8 cm³/mol. The first-order valence-electron chi connectivity index (χ1n) is 6.24. The van der Waals surface area contributed by atoms with Gasteiger partial charge in [-0.15, -0.1) is 0 Å². The largest absolute Gasteiger partial charge is 0.347 e. The first kappa shape index (κ1) is 11.4. The van der Waals surface area contributed by atoms with Gasteiger partial charge in [-0.3, -0.25) is 0 Å². The van der Waals surface area contributed by atoms with Gasteiger partial charge in [0, 0.05) is 32.5 Å². The van der Waals surface area contributed by atoms with Crippen molar-refractivity contribution in [3.63, 3.8) is 0 Å². The summed E-state index contributed by atoms with van der Waals surface area (Å²) in [7, 11) is 0. The van der Waals surface area contributed by atoms with Crippen molar-refractivity contribution in [1.29, 1.82) is 0 Å². The van der Waals surface area contributed by atoms with E-state index < -0.39 is 0 Å². The van der Waals surface area contributed by atoms with Gasteiger partial charge < -0.3 is 14.4 Å². The SMILES string of the molecule is CCC(C)CN1CCC2(CC1)OCCO2. The topological polar surface area (TPSA) is 21.7 Å². The van der Waals surface area contributed by atoms with Crippen molar-refractivity contribution in [2.45, 2.75) is 38.9 Å². The number of hydrogen-bond acceptors (Lipinski definition) is 3. The van der Waals surface area contributed by atoms with E-state index in [-0.39, 0.29) is 5.79 Å². The van der Waals surface area contributed by atoms with E-state index in [1.165, 1.54) is 13.0 Å². The highest BCUT2D eigenvalue weighted by atomic mass is 16.7. The maximum atomic E-state index is 5.71. The molecule has 0 aromatic carbocycles. The molecule has 1 spiro atoms. The summed E-state index contributed by atoms with van der Waals surface area (Å²) >= 11 is 0. The molecule has 0 saturated carbocycles. The summed E-state index contributed by atoms with van der Waals surface area (Å²) in [4.78, 5) is 2.55. The standard InChI is InChI=1S/C12H23NO2/c1-3-11(2)10-13-6-4-12(5-7-13)14-8-9-15-12/h11H,3-10H2,1-2H3. The predicted octanol–water partition coefficient (Wildman–Crippen LogP) is 1.87. The zero-order chi connectivity index (χ0) is 10.7. The van der Waals surface area contributed by atoms with Gasteiger partial charge in [-0.1, -0.05) is 20.3 Å². The molecule has 2 fully saturated rings. The lowest BCUT2D eigenvalue weighted by Crippen LogP contribution is -2.46. The van der Waals surface area contributed by atoms with E-state index in [2.05, 4.69) is 18.7 Å². The molecular weight excluding hydrogens is 190 g/mol. The number of nitrogens with zero attached hydrogens (tertiary/aromatic N) is 1. The number of piperidine rings is 1. The molecule has 2 heterocycles. The Morgan fingerprint density at radius 3 is 2.33 bits per heavy atom. The molecular formula is C12H23NO2. The number of hydrogen-bond donors (Lipinski definition) is 0. The molecule has 0 radical (unpaired) electrons. The molecule has 0 bridgehead atoms. The Morgan fingerprint density at radius 1 is 1.20 bits per heavy atom. The van der Waals surface area contributed by atoms with Gasteiger partial charge in [0.2, 0.25) is 0 Å². The van der Waals surface area contributed by atoms with E-state index in [0.717, 1.165) is 45.1 Å². The first-order valence-corrected chi connectivity index (χ1v) is 6.24. The maximum Gasteiger partial charge on any atom is 0.170 e. The third-order valence-corrected chi connectivity index (χ3v) is 3.70. The lowest BCUT2D eigenvalue weighted by Gasteiger charge is -2.38. The molecule has 0 aromatic heterocycles. The van der Waals surface area contributed by atoms with Crippen LogP contribution in [0.4, 0.5) is 0 Å². The van der Waals surface area contributed by atoms with E-state index in [1.54, 1.807) is 0 Å². The summed E-state index contributed by atoms with van der Waals surface area (Å²) in [6.45, 7) is 9.64. The van der Waals surface area contributed by atoms with Gasteiger partial charge in [0.15, 0.2) is 5.79 Å². The normalized spacial score (nSPS) is 28.4. The minimum absolute atomic E-state index is 0.202. The lowest BCUT2D eigenvalue weighted by atomic mass is 10.0. The molecule has 0 aromatic rings. The van der Waals surface area contributed by atoms with Crippen LogP contribution in [0, 0.1) is 5.92 Å². The molecule has 2 aliphatic rings. The van der Waals surface area contributed by atoms with Gasteiger partial charge in [-0.25, -0.2) is 0 Å². The molecule has 3 heteroatoms. The molecule has 15 heavy (non-hydrogen) atoms. The van der Waals surface area contributed by atoms with Crippen LogP contribution in [0.3, 0.4) is 0 Å². The van der Waals surface area contributed by atoms with Crippen LogP contribution in [0.5, 0.6) is 0 Å². The van der Waals surface area contributed by atoms with Crippen LogP contribution in [-0.2, 0) is 9.47 Å². The fourth-order valence-electron chi connectivity index (χ4n) is 2.43. The zero-order valence-corrected chi connectivity index (χ0v) is 10.00. The van der Waals surface area contributed by atoms with Crippen LogP contribution in [0.1, 0.15) is 33.1 Å². The van der Waals surface area contributed by atoms with Crippen LogP contribution in [0.2, 0.25) is 0 Å². The second kappa shape index (κ2) is 4.81. The average molecular weight is 213 g/mol. The second-order valence-corrected chi connectivity index (χ2v) is 4.92. The van der Waals surface area contributed by atoms with Crippen molar-refractivity contribution in [2.75, 3.05) is 32.8 Å². The molecule has 2 rings (SSSR count). The van der Waals surface area contributed by atoms with Gasteiger partial charge in [-0.05, 0) is 5.92 Å². The minimum Gasteiger partial charge on any atom is -0.347 e. The Balaban J connectivity index is 1.76. The Morgan fingerprint density at radius 2 is 1.80 bits per heavy atom. The fraction of sp³-hybridized carbons (Fsp3) is 1.00. The highest BCUT2D eigenvalue weighted by Gasteiger charge is 2.39. The van der Waals surface area contributed by atoms with Crippen molar-refractivity contribution < 1.29 is 9.47 Å². The van der Waals surface area contributed by atoms with Crippen molar-refractivity contribution in [2.24, 2.45) is 5.92 Å². The van der Waals surface area contributed by atoms with Crippen LogP contribution >= 0.6 is 0 Å². The molecule has 3 nitrogen and oxygen atoms in total. The van der Waals surface area contributed by atoms with E-state index >= 15 is 0 Å². The molecule has 0 aliphatic carbocycles. The van der Waals surface area contributed by atoms with Gasteiger partial charge >= 0.3 is 0 Å². The van der Waals surface area contributed by atoms with E-state index in [0.29, 0.717) is 0 Å². The summed E-state index contributed by atoms with van der Waals surface area (Å²) in [5, 5.41) is 0. The first-order chi connectivity index (χ1) is 7.24. The molecule has 88 valence electrons. The molecule has 2 saturated heterocycles. The number of likely N-dealkylation sites (tertiary alicyclic amines) is 1. The van der Waals surface area contributed by atoms with Crippen molar-refractivity contribution in [3.8, 4) is 0 Å².